The Kier molecular flexibility index (Phi) is 7.38. The topological polar surface area (TPSA) is 0 Å². The maximum atomic E-state index is 11.6. The van der Waals surface area contributed by atoms with Gasteiger partial charge in [0.05, 0.1) is 6.43 Å². The molecule has 0 fully saturated rings. The summed E-state index contributed by atoms with van der Waals surface area (Å²) in [7, 11) is 0. The molecule has 0 rings (SSSR count). The Morgan fingerprint density at radius 3 is 1.07 bits per heavy atom. The largest absolute Gasteiger partial charge is 2.00 e. The van der Waals surface area contributed by atoms with E-state index in [2.05, 4.69) is 0 Å². The predicted octanol–water partition coefficient (Wildman–Crippen LogP) is 3.70. The Hall–Kier alpha value is 0.0583. The van der Waals surface area contributed by atoms with Crippen LogP contribution in [0.15, 0.2) is 0 Å². The van der Waals surface area contributed by atoms with Crippen LogP contribution in [0.5, 0.6) is 0 Å². The first-order chi connectivity index (χ1) is 5.44. The molecule has 0 saturated carbocycles. The summed E-state index contributed by atoms with van der Waals surface area (Å²) in [5.74, 6) is -13.3. The van der Waals surface area contributed by atoms with Crippen LogP contribution in [-0.4, -0.2) is 18.0 Å². The smallest absolute Gasteiger partial charge is 0.415 e. The molecular weight excluding hydrogens is 426 g/mol. The van der Waals surface area contributed by atoms with Crippen LogP contribution < -0.4 is 0 Å². The molecule has 0 spiro atoms. The first-order valence-electron chi connectivity index (χ1n) is 2.45. The molecule has 0 heterocycles. The zero-order chi connectivity index (χ0) is 11.1. The fraction of sp³-hybridized carbons (Fsp3) is 0.600. The molecule has 0 atom stereocenters. The predicted molar refractivity (Wildman–Crippen MR) is 27.8 cm³/mol. The maximum absolute atomic E-state index is 11.6. The van der Waals surface area contributed by atoms with E-state index >= 15 is 0 Å². The van der Waals surface area contributed by atoms with Crippen molar-refractivity contribution in [2.45, 2.75) is 18.0 Å². The van der Waals surface area contributed by atoms with Gasteiger partial charge in [0.1, 0.15) is 0 Å². The van der Waals surface area contributed by atoms with Crippen LogP contribution in [0.2, 0.25) is 0 Å². The third-order valence-corrected chi connectivity index (χ3v) is 0.988. The minimum atomic E-state index is -6.77. The molecule has 0 aliphatic rings. The van der Waals surface area contributed by atoms with Gasteiger partial charge in [-0.25, -0.2) is 8.78 Å². The molecule has 0 nitrogen and oxygen atoms in total. The molecule has 96 valence electrons. The van der Waals surface area contributed by atoms with Gasteiger partial charge in [-0.3, -0.25) is 0 Å². The van der Waals surface area contributed by atoms with Gasteiger partial charge >= 0.3 is 33.2 Å². The van der Waals surface area contributed by atoms with E-state index in [9.17, 15) is 39.5 Å². The molecule has 0 saturated heterocycles. The Morgan fingerprint density at radius 1 is 0.733 bits per heavy atom. The molecule has 0 unspecified atom stereocenters. The average molecular weight is 429 g/mol. The van der Waals surface area contributed by atoms with E-state index in [0.29, 0.717) is 0 Å². The Bertz CT molecular complexity index is 183. The van der Waals surface area contributed by atoms with Crippen molar-refractivity contribution in [3.8, 4) is 0 Å². The quantitative estimate of drug-likeness (QED) is 0.464. The van der Waals surface area contributed by atoms with Crippen molar-refractivity contribution in [1.29, 1.82) is 0 Å². The summed E-state index contributed by atoms with van der Waals surface area (Å²) < 4.78 is 102. The standard InChI is InChI=1S/C4F9.CH3.Pt/c5-1(6)2(7,8)3(9,10)4(11,12)13;;/h;1H3;/q2*-1;+2. The monoisotopic (exact) mass is 429 g/mol. The molecule has 0 radical (unpaired) electrons. The molecule has 15 heavy (non-hydrogen) atoms. The number of alkyl halides is 7. The Balaban J connectivity index is -0.000000720. The van der Waals surface area contributed by atoms with Crippen molar-refractivity contribution >= 4 is 0 Å². The van der Waals surface area contributed by atoms with E-state index in [1.807, 2.05) is 0 Å². The molecular formula is C5H3F9Pt. The van der Waals surface area contributed by atoms with Crippen molar-refractivity contribution in [3.63, 3.8) is 0 Å². The molecule has 0 aromatic heterocycles. The third-order valence-electron chi connectivity index (χ3n) is 0.988. The molecule has 0 aromatic carbocycles. The van der Waals surface area contributed by atoms with E-state index in [0.717, 1.165) is 0 Å². The van der Waals surface area contributed by atoms with Crippen LogP contribution >= 0.6 is 0 Å². The second-order valence-corrected chi connectivity index (χ2v) is 1.91. The second-order valence-electron chi connectivity index (χ2n) is 1.91. The van der Waals surface area contributed by atoms with Gasteiger partial charge < -0.3 is 16.2 Å². The van der Waals surface area contributed by atoms with Crippen molar-refractivity contribution in [1.82, 2.24) is 0 Å². The molecule has 0 N–H and O–H groups in total. The normalized spacial score (nSPS) is 13.2. The zero-order valence-electron chi connectivity index (χ0n) is 6.72. The Labute approximate surface area is 93.1 Å². The van der Waals surface area contributed by atoms with E-state index in [1.54, 1.807) is 0 Å². The summed E-state index contributed by atoms with van der Waals surface area (Å²) in [5.41, 5.74) is 0. The molecule has 0 aromatic rings. The maximum Gasteiger partial charge on any atom is 2.00 e. The molecule has 0 bridgehead atoms. The summed E-state index contributed by atoms with van der Waals surface area (Å²) in [5, 5.41) is 0. The minimum Gasteiger partial charge on any atom is -0.415 e. The van der Waals surface area contributed by atoms with Crippen LogP contribution in [0, 0.1) is 13.9 Å². The van der Waals surface area contributed by atoms with Gasteiger partial charge in [0.2, 0.25) is 0 Å². The van der Waals surface area contributed by atoms with Gasteiger partial charge in [-0.15, -0.1) is 0 Å². The van der Waals surface area contributed by atoms with Gasteiger partial charge in [0.15, 0.2) is 0 Å². The van der Waals surface area contributed by atoms with Crippen molar-refractivity contribution < 1.29 is 60.6 Å². The summed E-state index contributed by atoms with van der Waals surface area (Å²) in [4.78, 5) is 0. The van der Waals surface area contributed by atoms with E-state index < -0.39 is 24.4 Å². The molecule has 0 aliphatic heterocycles. The van der Waals surface area contributed by atoms with E-state index in [-0.39, 0.29) is 28.5 Å². The van der Waals surface area contributed by atoms with Crippen LogP contribution in [0.3, 0.4) is 0 Å². The fourth-order valence-corrected chi connectivity index (χ4v) is 0.297. The first kappa shape index (κ1) is 20.5. The summed E-state index contributed by atoms with van der Waals surface area (Å²) in [6.45, 7) is 0. The number of halogens is 9. The van der Waals surface area contributed by atoms with Crippen molar-refractivity contribution in [2.75, 3.05) is 0 Å². The zero-order valence-corrected chi connectivity index (χ0v) is 8.99. The minimum absolute atomic E-state index is 0. The average Bonchev–Trinajstić information content (AvgIpc) is 1.84. The van der Waals surface area contributed by atoms with E-state index in [1.165, 1.54) is 0 Å². The van der Waals surface area contributed by atoms with Gasteiger partial charge in [-0.2, -0.15) is 22.0 Å². The van der Waals surface area contributed by atoms with Gasteiger partial charge in [0.25, 0.3) is 5.92 Å². The third kappa shape index (κ3) is 3.53. The van der Waals surface area contributed by atoms with Crippen LogP contribution in [0.4, 0.5) is 39.5 Å². The van der Waals surface area contributed by atoms with E-state index in [4.69, 9.17) is 0 Å². The number of rotatable bonds is 2. The first-order valence-corrected chi connectivity index (χ1v) is 2.45. The second kappa shape index (κ2) is 5.41. The Morgan fingerprint density at radius 2 is 1.00 bits per heavy atom. The molecule has 0 amide bonds. The van der Waals surface area contributed by atoms with Gasteiger partial charge in [-0.05, 0) is 0 Å². The van der Waals surface area contributed by atoms with Crippen molar-refractivity contribution in [2.24, 2.45) is 0 Å². The number of hydrogen-bond acceptors (Lipinski definition) is 0. The SMILES string of the molecule is F[C-](F)C(F)(F)C(F)(F)C(F)(F)F.[CH3-].[Pt+2]. The number of hydrogen-bond donors (Lipinski definition) is 0. The fourth-order valence-electron chi connectivity index (χ4n) is 0.297. The van der Waals surface area contributed by atoms with Gasteiger partial charge in [0, 0.05) is 0 Å². The molecule has 10 heteroatoms. The van der Waals surface area contributed by atoms with Crippen LogP contribution in [-0.2, 0) is 21.1 Å². The summed E-state index contributed by atoms with van der Waals surface area (Å²) in [6, 6.07) is 0. The van der Waals surface area contributed by atoms with Crippen LogP contribution in [0.1, 0.15) is 0 Å². The van der Waals surface area contributed by atoms with Crippen molar-refractivity contribution in [3.05, 3.63) is 13.9 Å². The van der Waals surface area contributed by atoms with Crippen LogP contribution in [0.25, 0.3) is 0 Å². The summed E-state index contributed by atoms with van der Waals surface area (Å²) in [6.07, 6.45) is -11.0. The summed E-state index contributed by atoms with van der Waals surface area (Å²) >= 11 is 0. The molecule has 0 aliphatic carbocycles. The van der Waals surface area contributed by atoms with Gasteiger partial charge in [-0.1, -0.05) is 0 Å².